The number of aryl methyl sites for hydroxylation is 1. The van der Waals surface area contributed by atoms with Gasteiger partial charge in [-0.2, -0.15) is 9.29 Å². The Labute approximate surface area is 186 Å². The molecule has 0 radical (unpaired) electrons. The molecule has 0 unspecified atom stereocenters. The number of aromatic nitrogens is 3. The maximum absolute atomic E-state index is 13.3. The number of hydrogen-bond acceptors (Lipinski definition) is 7. The third kappa shape index (κ3) is 4.02. The molecule has 164 valence electrons. The molecule has 8 nitrogen and oxygen atoms in total. The summed E-state index contributed by atoms with van der Waals surface area (Å²) in [5, 5.41) is 4.88. The molecule has 1 saturated heterocycles. The molecule has 3 heterocycles. The maximum atomic E-state index is 13.3. The van der Waals surface area contributed by atoms with Crippen molar-refractivity contribution < 1.29 is 12.9 Å². The third-order valence-corrected chi connectivity index (χ3v) is 7.55. The molecule has 0 spiro atoms. The number of fused-ring (bicyclic) bond motifs is 1. The van der Waals surface area contributed by atoms with Crippen molar-refractivity contribution in [3.8, 4) is 11.4 Å². The first-order valence-corrected chi connectivity index (χ1v) is 11.9. The van der Waals surface area contributed by atoms with Crippen LogP contribution in [0.5, 0.6) is 0 Å². The largest absolute Gasteiger partial charge is 0.338 e. The molecule has 0 bridgehead atoms. The lowest BCUT2D eigenvalue weighted by molar-refractivity contribution is 0.163. The average Bonchev–Trinajstić information content (AvgIpc) is 3.28. The van der Waals surface area contributed by atoms with Crippen LogP contribution in [0, 0.1) is 6.92 Å². The Kier molecular flexibility index (Phi) is 5.46. The summed E-state index contributed by atoms with van der Waals surface area (Å²) < 4.78 is 33.6. The van der Waals surface area contributed by atoms with E-state index in [0.29, 0.717) is 50.0 Å². The van der Waals surface area contributed by atoms with Gasteiger partial charge in [0.2, 0.25) is 21.7 Å². The van der Waals surface area contributed by atoms with E-state index < -0.39 is 10.0 Å². The van der Waals surface area contributed by atoms with Gasteiger partial charge in [-0.25, -0.2) is 8.42 Å². The minimum atomic E-state index is -3.64. The Balaban J connectivity index is 1.27. The summed E-state index contributed by atoms with van der Waals surface area (Å²) in [5.74, 6) is 1.08. The van der Waals surface area contributed by atoms with Crippen LogP contribution in [0.4, 0.5) is 0 Å². The molecule has 5 rings (SSSR count). The number of pyridine rings is 1. The second-order valence-corrected chi connectivity index (χ2v) is 9.80. The zero-order valence-corrected chi connectivity index (χ0v) is 18.5. The van der Waals surface area contributed by atoms with Gasteiger partial charge in [0, 0.05) is 43.3 Å². The Morgan fingerprint density at radius 3 is 2.56 bits per heavy atom. The van der Waals surface area contributed by atoms with Crippen molar-refractivity contribution in [2.45, 2.75) is 18.4 Å². The predicted molar refractivity (Wildman–Crippen MR) is 120 cm³/mol. The fourth-order valence-corrected chi connectivity index (χ4v) is 5.52. The summed E-state index contributed by atoms with van der Waals surface area (Å²) in [6.07, 6.45) is 1.70. The van der Waals surface area contributed by atoms with Crippen molar-refractivity contribution in [3.05, 3.63) is 72.2 Å². The van der Waals surface area contributed by atoms with Crippen molar-refractivity contribution >= 4 is 20.9 Å². The van der Waals surface area contributed by atoms with Crippen LogP contribution in [0.2, 0.25) is 0 Å². The molecule has 0 aliphatic carbocycles. The van der Waals surface area contributed by atoms with Gasteiger partial charge in [0.25, 0.3) is 0 Å². The number of hydrogen-bond donors (Lipinski definition) is 0. The van der Waals surface area contributed by atoms with E-state index in [9.17, 15) is 8.42 Å². The highest BCUT2D eigenvalue weighted by molar-refractivity contribution is 7.89. The van der Waals surface area contributed by atoms with Gasteiger partial charge in [-0.1, -0.05) is 47.6 Å². The number of para-hydroxylation sites is 1. The third-order valence-electron chi connectivity index (χ3n) is 5.62. The van der Waals surface area contributed by atoms with Crippen LogP contribution in [-0.4, -0.2) is 58.9 Å². The van der Waals surface area contributed by atoms with Crippen LogP contribution in [0.1, 0.15) is 11.5 Å². The van der Waals surface area contributed by atoms with Gasteiger partial charge >= 0.3 is 0 Å². The number of rotatable bonds is 5. The summed E-state index contributed by atoms with van der Waals surface area (Å²) in [6, 6.07) is 16.9. The standard InChI is InChI=1S/C23H23N5O3S/c1-17-14-19-8-5-9-20(22(19)24-15-17)32(29,30)28-12-10-27(11-13-28)16-21-25-23(26-31-21)18-6-3-2-4-7-18/h2-9,14-15H,10-13,16H2,1H3. The molecule has 1 fully saturated rings. The second kappa shape index (κ2) is 8.42. The van der Waals surface area contributed by atoms with Crippen LogP contribution in [0.3, 0.4) is 0 Å². The highest BCUT2D eigenvalue weighted by Crippen LogP contribution is 2.26. The summed E-state index contributed by atoms with van der Waals surface area (Å²) in [4.78, 5) is 11.2. The summed E-state index contributed by atoms with van der Waals surface area (Å²) in [6.45, 7) is 4.38. The van der Waals surface area contributed by atoms with E-state index in [1.165, 1.54) is 4.31 Å². The minimum absolute atomic E-state index is 0.257. The van der Waals surface area contributed by atoms with Crippen LogP contribution < -0.4 is 0 Å². The Morgan fingerprint density at radius 1 is 1.00 bits per heavy atom. The van der Waals surface area contributed by atoms with E-state index in [-0.39, 0.29) is 4.90 Å². The highest BCUT2D eigenvalue weighted by Gasteiger charge is 2.30. The topological polar surface area (TPSA) is 92.4 Å². The normalized spacial score (nSPS) is 15.9. The molecule has 4 aromatic rings. The van der Waals surface area contributed by atoms with Crippen LogP contribution in [-0.2, 0) is 16.6 Å². The van der Waals surface area contributed by atoms with Gasteiger partial charge in [0.1, 0.15) is 4.90 Å². The van der Waals surface area contributed by atoms with Crippen LogP contribution in [0.25, 0.3) is 22.3 Å². The second-order valence-electron chi connectivity index (χ2n) is 7.90. The number of benzene rings is 2. The first kappa shape index (κ1) is 20.7. The molecule has 1 aliphatic rings. The molecule has 0 atom stereocenters. The molecule has 0 saturated carbocycles. The van der Waals surface area contributed by atoms with Gasteiger partial charge in [-0.05, 0) is 24.6 Å². The summed E-state index contributed by atoms with van der Waals surface area (Å²) in [7, 11) is -3.64. The van der Waals surface area contributed by atoms with E-state index in [4.69, 9.17) is 4.52 Å². The summed E-state index contributed by atoms with van der Waals surface area (Å²) in [5.41, 5.74) is 2.41. The first-order chi connectivity index (χ1) is 15.5. The van der Waals surface area contributed by atoms with E-state index >= 15 is 0 Å². The molecule has 32 heavy (non-hydrogen) atoms. The van der Waals surface area contributed by atoms with Crippen molar-refractivity contribution in [1.29, 1.82) is 0 Å². The van der Waals surface area contributed by atoms with Gasteiger partial charge in [-0.15, -0.1) is 0 Å². The van der Waals surface area contributed by atoms with Crippen molar-refractivity contribution in [2.24, 2.45) is 0 Å². The zero-order chi connectivity index (χ0) is 22.1. The van der Waals surface area contributed by atoms with E-state index in [1.54, 1.807) is 18.3 Å². The number of nitrogens with zero attached hydrogens (tertiary/aromatic N) is 5. The Morgan fingerprint density at radius 2 is 1.78 bits per heavy atom. The van der Waals surface area contributed by atoms with Crippen molar-refractivity contribution in [3.63, 3.8) is 0 Å². The molecule has 0 N–H and O–H groups in total. The van der Waals surface area contributed by atoms with Gasteiger partial charge in [0.15, 0.2) is 0 Å². The highest BCUT2D eigenvalue weighted by atomic mass is 32.2. The Bertz CT molecular complexity index is 1350. The SMILES string of the molecule is Cc1cnc2c(S(=O)(=O)N3CCN(Cc4nc(-c5ccccc5)no4)CC3)cccc2c1. The molecule has 2 aromatic carbocycles. The smallest absolute Gasteiger partial charge is 0.245 e. The Hall–Kier alpha value is -3.14. The van der Waals surface area contributed by atoms with E-state index in [0.717, 1.165) is 16.5 Å². The lowest BCUT2D eigenvalue weighted by Crippen LogP contribution is -2.48. The first-order valence-electron chi connectivity index (χ1n) is 10.5. The van der Waals surface area contributed by atoms with Crippen LogP contribution >= 0.6 is 0 Å². The molecule has 0 amide bonds. The zero-order valence-electron chi connectivity index (χ0n) is 17.7. The number of sulfonamides is 1. The van der Waals surface area contributed by atoms with Gasteiger partial charge < -0.3 is 4.52 Å². The van der Waals surface area contributed by atoms with E-state index in [1.807, 2.05) is 49.4 Å². The van der Waals surface area contributed by atoms with Gasteiger partial charge in [0.05, 0.1) is 12.1 Å². The minimum Gasteiger partial charge on any atom is -0.338 e. The predicted octanol–water partition coefficient (Wildman–Crippen LogP) is 3.10. The van der Waals surface area contributed by atoms with Crippen LogP contribution in [0.15, 0.2) is 70.2 Å². The number of piperazine rings is 1. The fraction of sp³-hybridized carbons (Fsp3) is 0.261. The molecule has 9 heteroatoms. The quantitative estimate of drug-likeness (QED) is 0.462. The molecular formula is C23H23N5O3S. The van der Waals surface area contributed by atoms with Gasteiger partial charge in [-0.3, -0.25) is 9.88 Å². The van der Waals surface area contributed by atoms with Crippen molar-refractivity contribution in [1.82, 2.24) is 24.3 Å². The molecule has 2 aromatic heterocycles. The fourth-order valence-electron chi connectivity index (χ4n) is 3.93. The maximum Gasteiger partial charge on any atom is 0.245 e. The summed E-state index contributed by atoms with van der Waals surface area (Å²) >= 11 is 0. The lowest BCUT2D eigenvalue weighted by atomic mass is 10.2. The molecule has 1 aliphatic heterocycles. The lowest BCUT2D eigenvalue weighted by Gasteiger charge is -2.33. The van der Waals surface area contributed by atoms with Crippen molar-refractivity contribution in [2.75, 3.05) is 26.2 Å². The average molecular weight is 450 g/mol. The molecular weight excluding hydrogens is 426 g/mol. The monoisotopic (exact) mass is 449 g/mol. The van der Waals surface area contributed by atoms with E-state index in [2.05, 4.69) is 20.0 Å².